The number of carbonyl (C=O) groups excluding carboxylic acids is 2. The van der Waals surface area contributed by atoms with Crippen molar-refractivity contribution in [2.75, 3.05) is 13.2 Å². The average Bonchev–Trinajstić information content (AvgIpc) is 2.69. The first-order valence-electron chi connectivity index (χ1n) is 9.08. The summed E-state index contributed by atoms with van der Waals surface area (Å²) in [6.45, 7) is 7.58. The second-order valence-corrected chi connectivity index (χ2v) is 6.16. The topological polar surface area (TPSA) is 85.9 Å². The van der Waals surface area contributed by atoms with Gasteiger partial charge in [-0.2, -0.15) is 0 Å². The van der Waals surface area contributed by atoms with Crippen LogP contribution in [-0.2, 0) is 9.59 Å². The highest BCUT2D eigenvalue weighted by Crippen LogP contribution is 2.26. The highest BCUT2D eigenvalue weighted by atomic mass is 16.5. The molecule has 0 radical (unpaired) electrons. The van der Waals surface area contributed by atoms with Gasteiger partial charge in [0.15, 0.2) is 24.2 Å². The van der Waals surface area contributed by atoms with Crippen molar-refractivity contribution in [3.63, 3.8) is 0 Å². The van der Waals surface area contributed by atoms with Crippen LogP contribution in [0.5, 0.6) is 17.2 Å². The van der Waals surface area contributed by atoms with Crippen LogP contribution in [-0.4, -0.2) is 31.1 Å². The fourth-order valence-corrected chi connectivity index (χ4v) is 2.35. The molecular formula is C21H26N2O5. The molecule has 7 nitrogen and oxygen atoms in total. The van der Waals surface area contributed by atoms with Crippen LogP contribution in [0.4, 0.5) is 0 Å². The van der Waals surface area contributed by atoms with Gasteiger partial charge in [0.05, 0.1) is 6.61 Å². The number of hydrogen-bond acceptors (Lipinski definition) is 5. The lowest BCUT2D eigenvalue weighted by atomic mass is 10.1. The highest BCUT2D eigenvalue weighted by molar-refractivity contribution is 5.85. The minimum atomic E-state index is -0.777. The summed E-state index contributed by atoms with van der Waals surface area (Å²) in [6, 6.07) is 12.7. The first-order chi connectivity index (χ1) is 13.4. The minimum absolute atomic E-state index is 0.267. The zero-order valence-electron chi connectivity index (χ0n) is 16.6. The molecule has 2 aromatic carbocycles. The maximum absolute atomic E-state index is 12.1. The third-order valence-electron chi connectivity index (χ3n) is 4.06. The molecule has 0 fully saturated rings. The molecule has 28 heavy (non-hydrogen) atoms. The second-order valence-electron chi connectivity index (χ2n) is 6.16. The summed E-state index contributed by atoms with van der Waals surface area (Å²) in [7, 11) is 0. The van der Waals surface area contributed by atoms with Crippen LogP contribution in [0.15, 0.2) is 42.5 Å². The van der Waals surface area contributed by atoms with E-state index in [-0.39, 0.29) is 6.61 Å². The molecule has 0 saturated heterocycles. The molecule has 1 atom stereocenters. The first-order valence-corrected chi connectivity index (χ1v) is 9.08. The molecule has 0 bridgehead atoms. The SMILES string of the molecule is CCOc1ccccc1OCC(=O)NNC(=O)[C@@H](C)Oc1cccc(C)c1C. The average molecular weight is 386 g/mol. The van der Waals surface area contributed by atoms with Crippen molar-refractivity contribution < 1.29 is 23.8 Å². The molecule has 0 saturated carbocycles. The normalized spacial score (nSPS) is 11.3. The Bertz CT molecular complexity index is 822. The summed E-state index contributed by atoms with van der Waals surface area (Å²) in [6.07, 6.45) is -0.777. The monoisotopic (exact) mass is 386 g/mol. The van der Waals surface area contributed by atoms with E-state index in [0.717, 1.165) is 11.1 Å². The molecule has 150 valence electrons. The van der Waals surface area contributed by atoms with Crippen LogP contribution in [0, 0.1) is 13.8 Å². The Morgan fingerprint density at radius 3 is 2.25 bits per heavy atom. The van der Waals surface area contributed by atoms with Crippen LogP contribution in [0.1, 0.15) is 25.0 Å². The van der Waals surface area contributed by atoms with E-state index in [4.69, 9.17) is 14.2 Å². The van der Waals surface area contributed by atoms with Gasteiger partial charge in [0, 0.05) is 0 Å². The Hall–Kier alpha value is -3.22. The Kier molecular flexibility index (Phi) is 7.68. The van der Waals surface area contributed by atoms with Crippen LogP contribution in [0.25, 0.3) is 0 Å². The number of hydrogen-bond donors (Lipinski definition) is 2. The molecule has 0 heterocycles. The number of benzene rings is 2. The van der Waals surface area contributed by atoms with Gasteiger partial charge in [-0.3, -0.25) is 20.4 Å². The predicted molar refractivity (Wildman–Crippen MR) is 105 cm³/mol. The van der Waals surface area contributed by atoms with E-state index >= 15 is 0 Å². The number of carbonyl (C=O) groups is 2. The quantitative estimate of drug-likeness (QED) is 0.682. The van der Waals surface area contributed by atoms with Crippen LogP contribution in [0.2, 0.25) is 0 Å². The maximum Gasteiger partial charge on any atom is 0.279 e. The van der Waals surface area contributed by atoms with Gasteiger partial charge in [-0.05, 0) is 57.0 Å². The maximum atomic E-state index is 12.1. The van der Waals surface area contributed by atoms with Gasteiger partial charge in [0.2, 0.25) is 0 Å². The number of ether oxygens (including phenoxy) is 3. The minimum Gasteiger partial charge on any atom is -0.490 e. The largest absolute Gasteiger partial charge is 0.490 e. The third kappa shape index (κ3) is 5.90. The van der Waals surface area contributed by atoms with E-state index in [0.29, 0.717) is 23.9 Å². The fraction of sp³-hybridized carbons (Fsp3) is 0.333. The Morgan fingerprint density at radius 2 is 1.57 bits per heavy atom. The van der Waals surface area contributed by atoms with Crippen LogP contribution >= 0.6 is 0 Å². The zero-order valence-corrected chi connectivity index (χ0v) is 16.6. The molecule has 2 amide bonds. The smallest absolute Gasteiger partial charge is 0.279 e. The predicted octanol–water partition coefficient (Wildman–Crippen LogP) is 2.70. The van der Waals surface area contributed by atoms with Gasteiger partial charge in [-0.25, -0.2) is 0 Å². The highest BCUT2D eigenvalue weighted by Gasteiger charge is 2.17. The van der Waals surface area contributed by atoms with Crippen molar-refractivity contribution in [1.29, 1.82) is 0 Å². The summed E-state index contributed by atoms with van der Waals surface area (Å²) in [5.74, 6) is 0.669. The Labute approximate surface area is 165 Å². The Morgan fingerprint density at radius 1 is 0.929 bits per heavy atom. The summed E-state index contributed by atoms with van der Waals surface area (Å²) in [4.78, 5) is 24.1. The van der Waals surface area contributed by atoms with E-state index in [1.54, 1.807) is 31.2 Å². The molecule has 0 aromatic heterocycles. The number of para-hydroxylation sites is 2. The van der Waals surface area contributed by atoms with Crippen LogP contribution in [0.3, 0.4) is 0 Å². The molecule has 2 aromatic rings. The molecule has 0 aliphatic rings. The first kappa shape index (κ1) is 21.1. The van der Waals surface area contributed by atoms with E-state index in [1.807, 2.05) is 39.0 Å². The van der Waals surface area contributed by atoms with Gasteiger partial charge in [-0.15, -0.1) is 0 Å². The molecule has 0 aliphatic heterocycles. The van der Waals surface area contributed by atoms with E-state index in [9.17, 15) is 9.59 Å². The lowest BCUT2D eigenvalue weighted by Gasteiger charge is -2.17. The van der Waals surface area contributed by atoms with Gasteiger partial charge >= 0.3 is 0 Å². The number of amides is 2. The molecular weight excluding hydrogens is 360 g/mol. The van der Waals surface area contributed by atoms with Crippen molar-refractivity contribution in [1.82, 2.24) is 10.9 Å². The number of nitrogens with one attached hydrogen (secondary N) is 2. The van der Waals surface area contributed by atoms with Gasteiger partial charge < -0.3 is 14.2 Å². The summed E-state index contributed by atoms with van der Waals surface area (Å²) < 4.78 is 16.6. The number of rotatable bonds is 8. The van der Waals surface area contributed by atoms with Crippen molar-refractivity contribution >= 4 is 11.8 Å². The van der Waals surface area contributed by atoms with Crippen molar-refractivity contribution in [2.45, 2.75) is 33.8 Å². The molecule has 0 unspecified atom stereocenters. The molecule has 0 spiro atoms. The van der Waals surface area contributed by atoms with Crippen LogP contribution < -0.4 is 25.1 Å². The second kappa shape index (κ2) is 10.2. The summed E-state index contributed by atoms with van der Waals surface area (Å²) in [5.41, 5.74) is 6.69. The van der Waals surface area contributed by atoms with Crippen molar-refractivity contribution in [2.24, 2.45) is 0 Å². The molecule has 7 heteroatoms. The van der Waals surface area contributed by atoms with Gasteiger partial charge in [0.25, 0.3) is 11.8 Å². The van der Waals surface area contributed by atoms with E-state index < -0.39 is 17.9 Å². The summed E-state index contributed by atoms with van der Waals surface area (Å²) in [5, 5.41) is 0. The van der Waals surface area contributed by atoms with E-state index in [1.165, 1.54) is 0 Å². The van der Waals surface area contributed by atoms with Crippen molar-refractivity contribution in [3.05, 3.63) is 53.6 Å². The lowest BCUT2D eigenvalue weighted by molar-refractivity contribution is -0.133. The number of aryl methyl sites for hydroxylation is 1. The molecule has 2 rings (SSSR count). The van der Waals surface area contributed by atoms with Gasteiger partial charge in [-0.1, -0.05) is 24.3 Å². The van der Waals surface area contributed by atoms with Gasteiger partial charge in [0.1, 0.15) is 5.75 Å². The van der Waals surface area contributed by atoms with Crippen molar-refractivity contribution in [3.8, 4) is 17.2 Å². The third-order valence-corrected chi connectivity index (χ3v) is 4.06. The Balaban J connectivity index is 1.80. The fourth-order valence-electron chi connectivity index (χ4n) is 2.35. The standard InChI is InChI=1S/C21H26N2O5/c1-5-26-18-10-6-7-11-19(18)27-13-20(24)22-23-21(25)16(4)28-17-12-8-9-14(2)15(17)3/h6-12,16H,5,13H2,1-4H3,(H,22,24)(H,23,25)/t16-/m1/s1. The molecule has 0 aliphatic carbocycles. The summed E-state index contributed by atoms with van der Waals surface area (Å²) >= 11 is 0. The molecule has 2 N–H and O–H groups in total. The number of hydrazine groups is 1. The zero-order chi connectivity index (χ0) is 20.5. The lowest BCUT2D eigenvalue weighted by Crippen LogP contribution is -2.48. The van der Waals surface area contributed by atoms with E-state index in [2.05, 4.69) is 10.9 Å².